The maximum Gasteiger partial charge on any atom is 0.334 e. The predicted molar refractivity (Wildman–Crippen MR) is 76.5 cm³/mol. The first-order valence-corrected chi connectivity index (χ1v) is 6.42. The fourth-order valence-electron chi connectivity index (χ4n) is 2.00. The Morgan fingerprint density at radius 1 is 1.21 bits per heavy atom. The number of aromatic nitrogens is 2. The third-order valence-corrected chi connectivity index (χ3v) is 3.45. The van der Waals surface area contributed by atoms with Gasteiger partial charge >= 0.3 is 5.69 Å². The fourth-order valence-corrected chi connectivity index (χ4v) is 2.16. The molecule has 0 unspecified atom stereocenters. The minimum absolute atomic E-state index is 0.0910. The third-order valence-electron chi connectivity index (χ3n) is 3.07. The minimum atomic E-state index is -0.520. The number of H-pyrrole nitrogens is 1. The lowest BCUT2D eigenvalue weighted by Gasteiger charge is -2.14. The van der Waals surface area contributed by atoms with E-state index in [1.54, 1.807) is 19.1 Å². The molecule has 0 aliphatic heterocycles. The third kappa shape index (κ3) is 2.36. The highest BCUT2D eigenvalue weighted by Crippen LogP contribution is 2.21. The lowest BCUT2D eigenvalue weighted by Crippen LogP contribution is -2.35. The average molecular weight is 279 g/mol. The van der Waals surface area contributed by atoms with Crippen LogP contribution in [0.1, 0.15) is 30.9 Å². The van der Waals surface area contributed by atoms with E-state index in [1.165, 1.54) is 0 Å². The van der Waals surface area contributed by atoms with Gasteiger partial charge in [-0.2, -0.15) is 0 Å². The molecule has 0 aliphatic rings. The maximum absolute atomic E-state index is 12.2. The zero-order chi connectivity index (χ0) is 14.2. The Bertz CT molecular complexity index is 729. The van der Waals surface area contributed by atoms with Crippen molar-refractivity contribution in [1.29, 1.82) is 0 Å². The average Bonchev–Trinajstić information content (AvgIpc) is 2.36. The molecular weight excluding hydrogens is 264 g/mol. The first kappa shape index (κ1) is 13.6. The Kier molecular flexibility index (Phi) is 3.62. The summed E-state index contributed by atoms with van der Waals surface area (Å²) >= 11 is 5.81. The number of rotatable bonds is 2. The Labute approximate surface area is 115 Å². The highest BCUT2D eigenvalue weighted by atomic mass is 35.5. The molecule has 4 nitrogen and oxygen atoms in total. The van der Waals surface area contributed by atoms with Gasteiger partial charge < -0.3 is 0 Å². The number of para-hydroxylation sites is 1. The number of benzene rings is 1. The van der Waals surface area contributed by atoms with Crippen LogP contribution < -0.4 is 11.2 Å². The highest BCUT2D eigenvalue weighted by Gasteiger charge is 2.14. The number of nitrogens with zero attached hydrogens (tertiary/aromatic N) is 1. The highest BCUT2D eigenvalue weighted by molar-refractivity contribution is 6.30. The van der Waals surface area contributed by atoms with Crippen LogP contribution in [-0.4, -0.2) is 9.55 Å². The molecule has 5 heteroatoms. The summed E-state index contributed by atoms with van der Waals surface area (Å²) in [6, 6.07) is 7.37. The van der Waals surface area contributed by atoms with Crippen LogP contribution in [0.25, 0.3) is 5.69 Å². The van der Waals surface area contributed by atoms with Crippen molar-refractivity contribution in [3.8, 4) is 5.69 Å². The van der Waals surface area contributed by atoms with Gasteiger partial charge in [0.15, 0.2) is 0 Å². The number of nitrogens with one attached hydrogen (secondary N) is 1. The molecular formula is C14H15ClN2O2. The van der Waals surface area contributed by atoms with E-state index in [-0.39, 0.29) is 16.6 Å². The van der Waals surface area contributed by atoms with Crippen LogP contribution in [0.2, 0.25) is 5.15 Å². The van der Waals surface area contributed by atoms with Crippen molar-refractivity contribution < 1.29 is 0 Å². The molecule has 100 valence electrons. The molecule has 0 saturated carbocycles. The summed E-state index contributed by atoms with van der Waals surface area (Å²) in [4.78, 5) is 26.7. The summed E-state index contributed by atoms with van der Waals surface area (Å²) in [5, 5.41) is 0.0910. The van der Waals surface area contributed by atoms with E-state index in [2.05, 4.69) is 4.98 Å². The van der Waals surface area contributed by atoms with Crippen molar-refractivity contribution >= 4 is 11.6 Å². The molecule has 0 aliphatic carbocycles. The molecule has 0 amide bonds. The summed E-state index contributed by atoms with van der Waals surface area (Å²) in [6.07, 6.45) is 0. The molecule has 19 heavy (non-hydrogen) atoms. The van der Waals surface area contributed by atoms with Crippen molar-refractivity contribution in [3.63, 3.8) is 0 Å². The van der Waals surface area contributed by atoms with Gasteiger partial charge in [0.05, 0.1) is 11.3 Å². The molecule has 0 spiro atoms. The number of hydrogen-bond donors (Lipinski definition) is 1. The Hall–Kier alpha value is -1.81. The first-order chi connectivity index (χ1) is 8.93. The topological polar surface area (TPSA) is 54.9 Å². The first-order valence-electron chi connectivity index (χ1n) is 6.04. The lowest BCUT2D eigenvalue weighted by atomic mass is 10.0. The van der Waals surface area contributed by atoms with E-state index in [9.17, 15) is 9.59 Å². The second-order valence-electron chi connectivity index (χ2n) is 4.72. The van der Waals surface area contributed by atoms with Gasteiger partial charge in [0.1, 0.15) is 5.15 Å². The standard InChI is InChI=1S/C14H15ClN2O2/c1-8(2)10-6-4-5-7-11(10)17-13(18)9(3)12(15)16-14(17)19/h4-8H,1-3H3,(H,16,19). The van der Waals surface area contributed by atoms with Gasteiger partial charge in [-0.3, -0.25) is 9.78 Å². The quantitative estimate of drug-likeness (QED) is 0.859. The van der Waals surface area contributed by atoms with Crippen LogP contribution in [-0.2, 0) is 0 Å². The second kappa shape index (κ2) is 5.05. The van der Waals surface area contributed by atoms with E-state index in [4.69, 9.17) is 11.6 Å². The Morgan fingerprint density at radius 2 is 1.84 bits per heavy atom. The summed E-state index contributed by atoms with van der Waals surface area (Å²) in [5.41, 5.74) is 0.968. The van der Waals surface area contributed by atoms with Crippen LogP contribution in [0.4, 0.5) is 0 Å². The van der Waals surface area contributed by atoms with Crippen LogP contribution in [0.5, 0.6) is 0 Å². The molecule has 0 atom stereocenters. The van der Waals surface area contributed by atoms with Crippen molar-refractivity contribution in [3.05, 3.63) is 61.4 Å². The molecule has 2 aromatic rings. The van der Waals surface area contributed by atoms with Gasteiger partial charge in [0, 0.05) is 0 Å². The van der Waals surface area contributed by atoms with Crippen LogP contribution in [0.3, 0.4) is 0 Å². The van der Waals surface area contributed by atoms with E-state index < -0.39 is 5.69 Å². The molecule has 1 N–H and O–H groups in total. The molecule has 1 aromatic carbocycles. The monoisotopic (exact) mass is 278 g/mol. The summed E-state index contributed by atoms with van der Waals surface area (Å²) in [6.45, 7) is 5.62. The SMILES string of the molecule is Cc1c(Cl)[nH]c(=O)n(-c2ccccc2C(C)C)c1=O. The fraction of sp³-hybridized carbons (Fsp3) is 0.286. The van der Waals surface area contributed by atoms with E-state index >= 15 is 0 Å². The summed E-state index contributed by atoms with van der Waals surface area (Å²) < 4.78 is 1.14. The van der Waals surface area contributed by atoms with E-state index in [0.29, 0.717) is 11.3 Å². The maximum atomic E-state index is 12.2. The van der Waals surface area contributed by atoms with Gasteiger partial charge in [0.25, 0.3) is 5.56 Å². The lowest BCUT2D eigenvalue weighted by molar-refractivity contribution is 0.805. The van der Waals surface area contributed by atoms with Gasteiger partial charge in [-0.15, -0.1) is 0 Å². The predicted octanol–water partition coefficient (Wildman–Crippen LogP) is 2.61. The molecule has 0 saturated heterocycles. The van der Waals surface area contributed by atoms with Gasteiger partial charge in [-0.1, -0.05) is 43.6 Å². The summed E-state index contributed by atoms with van der Waals surface area (Å²) in [7, 11) is 0. The number of aromatic amines is 1. The Morgan fingerprint density at radius 3 is 2.47 bits per heavy atom. The molecule has 0 fully saturated rings. The zero-order valence-corrected chi connectivity index (χ0v) is 11.8. The van der Waals surface area contributed by atoms with Crippen LogP contribution in [0.15, 0.2) is 33.9 Å². The summed E-state index contributed by atoms with van der Waals surface area (Å²) in [5.74, 6) is 0.207. The van der Waals surface area contributed by atoms with Gasteiger partial charge in [0.2, 0.25) is 0 Å². The molecule has 1 aromatic heterocycles. The van der Waals surface area contributed by atoms with Gasteiger partial charge in [-0.05, 0) is 24.5 Å². The van der Waals surface area contributed by atoms with Crippen molar-refractivity contribution in [2.45, 2.75) is 26.7 Å². The Balaban J connectivity index is 2.85. The minimum Gasteiger partial charge on any atom is -0.297 e. The largest absolute Gasteiger partial charge is 0.334 e. The van der Waals surface area contributed by atoms with Crippen molar-refractivity contribution in [1.82, 2.24) is 9.55 Å². The van der Waals surface area contributed by atoms with Crippen molar-refractivity contribution in [2.24, 2.45) is 0 Å². The zero-order valence-electron chi connectivity index (χ0n) is 11.0. The normalized spacial score (nSPS) is 11.0. The molecule has 2 rings (SSSR count). The van der Waals surface area contributed by atoms with E-state index in [1.807, 2.05) is 26.0 Å². The van der Waals surface area contributed by atoms with Gasteiger partial charge in [-0.25, -0.2) is 9.36 Å². The molecule has 1 heterocycles. The van der Waals surface area contributed by atoms with Crippen molar-refractivity contribution in [2.75, 3.05) is 0 Å². The molecule has 0 radical (unpaired) electrons. The van der Waals surface area contributed by atoms with Crippen LogP contribution >= 0.6 is 11.6 Å². The van der Waals surface area contributed by atoms with E-state index in [0.717, 1.165) is 10.1 Å². The smallest absolute Gasteiger partial charge is 0.297 e. The molecule has 0 bridgehead atoms. The van der Waals surface area contributed by atoms with Crippen LogP contribution in [0, 0.1) is 6.92 Å². The second-order valence-corrected chi connectivity index (χ2v) is 5.10. The number of halogens is 1. The number of hydrogen-bond acceptors (Lipinski definition) is 2.